The number of benzene rings is 3. The Hall–Kier alpha value is -3.68. The summed E-state index contributed by atoms with van der Waals surface area (Å²) in [5.74, 6) is 2.12. The third-order valence-corrected chi connectivity index (χ3v) is 9.84. The van der Waals surface area contributed by atoms with Gasteiger partial charge < -0.3 is 23.7 Å². The fourth-order valence-corrected chi connectivity index (χ4v) is 6.88. The van der Waals surface area contributed by atoms with Crippen LogP contribution in [0.2, 0.25) is 0 Å². The SMILES string of the molecule is CCCCCC1CCC(C(=O)Oc2ccc3c(c2)C(C)c2cc(OC(=O)c4ccc(OCCCCOCC5CO5)cc4)ccc2-3)CC1. The molecule has 7 nitrogen and oxygen atoms in total. The van der Waals surface area contributed by atoms with Gasteiger partial charge in [0.05, 0.1) is 31.3 Å². The van der Waals surface area contributed by atoms with Crippen molar-refractivity contribution >= 4 is 11.9 Å². The van der Waals surface area contributed by atoms with Crippen LogP contribution in [0, 0.1) is 11.8 Å². The summed E-state index contributed by atoms with van der Waals surface area (Å²) in [6, 6.07) is 18.8. The molecule has 0 spiro atoms. The van der Waals surface area contributed by atoms with Gasteiger partial charge in [0.2, 0.25) is 0 Å². The molecule has 6 rings (SSSR count). The summed E-state index contributed by atoms with van der Waals surface area (Å²) in [7, 11) is 0. The van der Waals surface area contributed by atoms with E-state index in [9.17, 15) is 9.59 Å². The van der Waals surface area contributed by atoms with Gasteiger partial charge in [-0.1, -0.05) is 51.7 Å². The molecule has 7 heteroatoms. The largest absolute Gasteiger partial charge is 0.494 e. The summed E-state index contributed by atoms with van der Waals surface area (Å²) in [5.41, 5.74) is 4.89. The molecule has 1 saturated carbocycles. The molecule has 3 aromatic carbocycles. The van der Waals surface area contributed by atoms with Crippen molar-refractivity contribution in [3.05, 3.63) is 77.4 Å². The van der Waals surface area contributed by atoms with Crippen molar-refractivity contribution in [2.75, 3.05) is 26.4 Å². The molecule has 3 aromatic rings. The van der Waals surface area contributed by atoms with E-state index in [0.29, 0.717) is 48.7 Å². The third-order valence-electron chi connectivity index (χ3n) is 9.84. The second-order valence-electron chi connectivity index (χ2n) is 13.4. The minimum atomic E-state index is -0.416. The molecule has 2 atom stereocenters. The summed E-state index contributed by atoms with van der Waals surface area (Å²) in [4.78, 5) is 26.0. The molecule has 2 unspecified atom stereocenters. The summed E-state index contributed by atoms with van der Waals surface area (Å²) in [5, 5.41) is 0. The quantitative estimate of drug-likeness (QED) is 0.0669. The normalized spacial score (nSPS) is 21.1. The van der Waals surface area contributed by atoms with Crippen molar-refractivity contribution < 1.29 is 33.3 Å². The first-order valence-electron chi connectivity index (χ1n) is 17.6. The Bertz CT molecular complexity index is 1500. The second-order valence-corrected chi connectivity index (χ2v) is 13.4. The van der Waals surface area contributed by atoms with Gasteiger partial charge in [-0.25, -0.2) is 4.79 Å². The molecule has 2 aliphatic carbocycles. The van der Waals surface area contributed by atoms with Crippen LogP contribution in [0.25, 0.3) is 11.1 Å². The molecule has 0 bridgehead atoms. The molecule has 0 radical (unpaired) electrons. The van der Waals surface area contributed by atoms with Crippen LogP contribution in [-0.2, 0) is 14.3 Å². The molecule has 1 aliphatic heterocycles. The van der Waals surface area contributed by atoms with Gasteiger partial charge >= 0.3 is 11.9 Å². The van der Waals surface area contributed by atoms with Crippen LogP contribution < -0.4 is 14.2 Å². The first kappa shape index (κ1) is 33.2. The maximum Gasteiger partial charge on any atom is 0.343 e. The molecule has 3 aliphatic rings. The number of unbranched alkanes of at least 4 members (excludes halogenated alkanes) is 3. The standard InChI is InChI=1S/C40H48O7/c1-3-4-5-8-28-9-11-29(12-10-28)39(41)46-32-17-19-35-36-20-18-33(24-38(36)27(2)37(35)23-32)47-40(42)30-13-15-31(16-14-30)44-22-7-6-21-43-25-34-26-45-34/h13-20,23-24,27-29,34H,3-12,21-22,25-26H2,1-2H3. The van der Waals surface area contributed by atoms with E-state index in [1.54, 1.807) is 24.3 Å². The highest BCUT2D eigenvalue weighted by molar-refractivity contribution is 5.91. The maximum absolute atomic E-state index is 13.0. The summed E-state index contributed by atoms with van der Waals surface area (Å²) >= 11 is 0. The van der Waals surface area contributed by atoms with Crippen LogP contribution in [0.1, 0.15) is 105 Å². The van der Waals surface area contributed by atoms with Crippen molar-refractivity contribution in [3.63, 3.8) is 0 Å². The molecule has 2 fully saturated rings. The van der Waals surface area contributed by atoms with Gasteiger partial charge in [0.25, 0.3) is 0 Å². The summed E-state index contributed by atoms with van der Waals surface area (Å²) in [6.45, 7) is 7.17. The molecule has 47 heavy (non-hydrogen) atoms. The van der Waals surface area contributed by atoms with Gasteiger partial charge in [-0.05, 0) is 115 Å². The van der Waals surface area contributed by atoms with E-state index in [1.165, 1.54) is 25.7 Å². The molecular weight excluding hydrogens is 592 g/mol. The average Bonchev–Trinajstić information content (AvgIpc) is 3.88. The van der Waals surface area contributed by atoms with E-state index in [1.807, 2.05) is 36.4 Å². The number of carbonyl (C=O) groups excluding carboxylic acids is 2. The predicted molar refractivity (Wildman–Crippen MR) is 181 cm³/mol. The predicted octanol–water partition coefficient (Wildman–Crippen LogP) is 8.90. The Morgan fingerprint density at radius 2 is 1.40 bits per heavy atom. The average molecular weight is 641 g/mol. The number of rotatable bonds is 16. The van der Waals surface area contributed by atoms with Gasteiger partial charge in [0, 0.05) is 12.5 Å². The van der Waals surface area contributed by atoms with Crippen LogP contribution in [0.5, 0.6) is 17.2 Å². The van der Waals surface area contributed by atoms with Gasteiger partial charge in [-0.2, -0.15) is 0 Å². The van der Waals surface area contributed by atoms with Gasteiger partial charge in [0.15, 0.2) is 0 Å². The zero-order chi connectivity index (χ0) is 32.6. The summed E-state index contributed by atoms with van der Waals surface area (Å²) in [6.07, 6.45) is 11.4. The van der Waals surface area contributed by atoms with Gasteiger partial charge in [-0.3, -0.25) is 4.79 Å². The van der Waals surface area contributed by atoms with Crippen molar-refractivity contribution in [1.29, 1.82) is 0 Å². The highest BCUT2D eigenvalue weighted by Crippen LogP contribution is 2.47. The Morgan fingerprint density at radius 3 is 2.06 bits per heavy atom. The van der Waals surface area contributed by atoms with Crippen molar-refractivity contribution in [1.82, 2.24) is 0 Å². The lowest BCUT2D eigenvalue weighted by Crippen LogP contribution is -2.25. The fraction of sp³-hybridized carbons (Fsp3) is 0.500. The first-order chi connectivity index (χ1) is 23.0. The smallest absolute Gasteiger partial charge is 0.343 e. The summed E-state index contributed by atoms with van der Waals surface area (Å²) < 4.78 is 28.2. The Labute approximate surface area is 278 Å². The zero-order valence-electron chi connectivity index (χ0n) is 27.8. The number of esters is 2. The number of ether oxygens (including phenoxy) is 5. The van der Waals surface area contributed by atoms with E-state index in [0.717, 1.165) is 73.3 Å². The highest BCUT2D eigenvalue weighted by atomic mass is 16.6. The van der Waals surface area contributed by atoms with E-state index in [4.69, 9.17) is 23.7 Å². The van der Waals surface area contributed by atoms with E-state index in [2.05, 4.69) is 13.8 Å². The number of fused-ring (bicyclic) bond motifs is 3. The fourth-order valence-electron chi connectivity index (χ4n) is 6.88. The molecule has 0 N–H and O–H groups in total. The lowest BCUT2D eigenvalue weighted by atomic mass is 9.80. The van der Waals surface area contributed by atoms with Crippen LogP contribution in [0.15, 0.2) is 60.7 Å². The van der Waals surface area contributed by atoms with E-state index >= 15 is 0 Å². The third kappa shape index (κ3) is 8.82. The number of epoxide rings is 1. The van der Waals surface area contributed by atoms with Crippen molar-refractivity contribution in [2.24, 2.45) is 11.8 Å². The molecular formula is C40H48O7. The first-order valence-corrected chi connectivity index (χ1v) is 17.6. The second kappa shape index (κ2) is 15.9. The van der Waals surface area contributed by atoms with Crippen molar-refractivity contribution in [3.8, 4) is 28.4 Å². The molecule has 1 saturated heterocycles. The van der Waals surface area contributed by atoms with E-state index in [-0.39, 0.29) is 17.8 Å². The van der Waals surface area contributed by atoms with Crippen LogP contribution in [0.4, 0.5) is 0 Å². The number of hydrogen-bond donors (Lipinski definition) is 0. The number of hydrogen-bond acceptors (Lipinski definition) is 7. The van der Waals surface area contributed by atoms with Crippen molar-refractivity contribution in [2.45, 2.75) is 90.1 Å². The molecule has 0 amide bonds. The van der Waals surface area contributed by atoms with Crippen LogP contribution in [-0.4, -0.2) is 44.5 Å². The molecule has 1 heterocycles. The minimum Gasteiger partial charge on any atom is -0.494 e. The Balaban J connectivity index is 0.980. The topological polar surface area (TPSA) is 83.6 Å². The maximum atomic E-state index is 13.0. The Morgan fingerprint density at radius 1 is 0.766 bits per heavy atom. The zero-order valence-corrected chi connectivity index (χ0v) is 27.8. The molecule has 250 valence electrons. The van der Waals surface area contributed by atoms with Crippen LogP contribution >= 0.6 is 0 Å². The van der Waals surface area contributed by atoms with Gasteiger partial charge in [-0.15, -0.1) is 0 Å². The van der Waals surface area contributed by atoms with E-state index < -0.39 is 5.97 Å². The lowest BCUT2D eigenvalue weighted by molar-refractivity contribution is -0.140. The molecule has 0 aromatic heterocycles. The lowest BCUT2D eigenvalue weighted by Gasteiger charge is -2.27. The minimum absolute atomic E-state index is 0.00986. The Kier molecular flexibility index (Phi) is 11.3. The monoisotopic (exact) mass is 640 g/mol. The number of carbonyl (C=O) groups is 2. The van der Waals surface area contributed by atoms with Gasteiger partial charge in [0.1, 0.15) is 23.4 Å². The highest BCUT2D eigenvalue weighted by Gasteiger charge is 2.30. The van der Waals surface area contributed by atoms with Crippen LogP contribution in [0.3, 0.4) is 0 Å².